The van der Waals surface area contributed by atoms with Gasteiger partial charge in [-0.05, 0) is 69.4 Å². The molecule has 4 aliphatic rings. The van der Waals surface area contributed by atoms with Crippen LogP contribution >= 0.6 is 11.3 Å². The number of hydrazine groups is 1. The molecule has 7 heterocycles. The van der Waals surface area contributed by atoms with Crippen LogP contribution in [0, 0.1) is 11.3 Å². The number of rotatable bonds is 5. The molecule has 3 saturated heterocycles. The molecule has 0 aliphatic carbocycles. The predicted molar refractivity (Wildman–Crippen MR) is 209 cm³/mol. The van der Waals surface area contributed by atoms with E-state index in [4.69, 9.17) is 24.2 Å². The second-order valence-electron chi connectivity index (χ2n) is 16.1. The van der Waals surface area contributed by atoms with Crippen molar-refractivity contribution < 1.29 is 28.6 Å². The van der Waals surface area contributed by atoms with Gasteiger partial charge in [-0.25, -0.2) is 15.2 Å². The number of ether oxygens (including phenoxy) is 3. The number of amides is 3. The molecule has 3 fully saturated rings. The number of carbonyl (C=O) groups is 3. The molecule has 4 aromatic rings. The maximum Gasteiger partial charge on any atom is 0.324 e. The molecule has 5 atom stereocenters. The van der Waals surface area contributed by atoms with E-state index >= 15 is 0 Å². The largest absolute Gasteiger partial charge is 0.464 e. The van der Waals surface area contributed by atoms with Crippen molar-refractivity contribution in [2.75, 3.05) is 40.0 Å². The van der Waals surface area contributed by atoms with Crippen LogP contribution in [0.25, 0.3) is 33.4 Å². The normalized spacial score (nSPS) is 24.7. The number of carbonyl (C=O) groups excluding carboxylic acids is 3. The molecule has 0 unspecified atom stereocenters. The molecule has 292 valence electrons. The van der Waals surface area contributed by atoms with Crippen LogP contribution < -0.4 is 10.7 Å². The van der Waals surface area contributed by atoms with Gasteiger partial charge in [0.2, 0.25) is 0 Å². The maximum absolute atomic E-state index is 14.3. The van der Waals surface area contributed by atoms with Gasteiger partial charge >= 0.3 is 12.0 Å². The smallest absolute Gasteiger partial charge is 0.324 e. The molecule has 0 radical (unpaired) electrons. The zero-order chi connectivity index (χ0) is 38.4. The average molecular weight is 770 g/mol. The number of likely N-dealkylation sites (tertiary alicyclic amines) is 1. The van der Waals surface area contributed by atoms with Crippen molar-refractivity contribution in [2.24, 2.45) is 11.3 Å². The number of hydrogen-bond donors (Lipinski definition) is 2. The van der Waals surface area contributed by atoms with Gasteiger partial charge in [0.05, 0.1) is 41.4 Å². The van der Waals surface area contributed by atoms with Gasteiger partial charge in [-0.1, -0.05) is 19.9 Å². The average Bonchev–Trinajstić information content (AvgIpc) is 3.77. The van der Waals surface area contributed by atoms with Crippen molar-refractivity contribution in [3.05, 3.63) is 58.2 Å². The number of benzene rings is 1. The summed E-state index contributed by atoms with van der Waals surface area (Å²) in [4.78, 5) is 53.3. The van der Waals surface area contributed by atoms with E-state index in [0.717, 1.165) is 62.6 Å². The third kappa shape index (κ3) is 7.25. The van der Waals surface area contributed by atoms with E-state index in [1.165, 1.54) is 16.3 Å². The molecule has 3 amide bonds. The standard InChI is InChI=1S/C41H51N7O6S/c1-6-46-34-12-11-25-17-28(34)29(37(46)27-9-7-14-42-36(27)24(2)52-5)19-41(3,4)23-54-39(50)30-10-8-15-48(45-30)38(49)31(18-35-43-32(25)22-55-35)44-40(51)47-20-26-21-53-16-13-33(26)47/h7,9,11-12,14,17,22,24,26,30-31,33,45H,6,8,10,13,15-16,18-21,23H2,1-5H3,(H,44,51)/t24-,26-,30-,31-,33+/m0/s1. The molecule has 6 bridgehead atoms. The van der Waals surface area contributed by atoms with E-state index in [9.17, 15) is 14.4 Å². The Morgan fingerprint density at radius 1 is 1.22 bits per heavy atom. The first-order chi connectivity index (χ1) is 26.5. The summed E-state index contributed by atoms with van der Waals surface area (Å²) in [5.41, 5.74) is 9.64. The number of cyclic esters (lactones) is 1. The second-order valence-corrected chi connectivity index (χ2v) is 17.0. The van der Waals surface area contributed by atoms with Crippen LogP contribution in [-0.2, 0) is 43.2 Å². The number of fused-ring (bicyclic) bond motifs is 7. The number of methoxy groups -OCH3 is 1. The maximum atomic E-state index is 14.3. The molecular formula is C41H51N7O6S. The SMILES string of the molecule is CCn1c(-c2cccnc2[C@H](C)OC)c2c3cc(ccc31)-c1csc(n1)C[C@H](NC(=O)N1C[C@H]3COCC[C@H]31)C(=O)N1CCC[C@H](N1)C(=O)OCC(C)(C)C2. The zero-order valence-corrected chi connectivity index (χ0v) is 33.1. The zero-order valence-electron chi connectivity index (χ0n) is 32.3. The summed E-state index contributed by atoms with van der Waals surface area (Å²) in [6.45, 7) is 11.6. The topological polar surface area (TPSA) is 140 Å². The Morgan fingerprint density at radius 2 is 2.07 bits per heavy atom. The van der Waals surface area contributed by atoms with Crippen LogP contribution in [-0.4, -0.2) is 100 Å². The minimum atomic E-state index is -0.885. The van der Waals surface area contributed by atoms with Gasteiger partial charge in [-0.3, -0.25) is 19.6 Å². The van der Waals surface area contributed by atoms with E-state index < -0.39 is 23.5 Å². The number of aromatic nitrogens is 3. The number of thiazole rings is 1. The van der Waals surface area contributed by atoms with Gasteiger partial charge in [0.15, 0.2) is 0 Å². The van der Waals surface area contributed by atoms with Gasteiger partial charge in [0.25, 0.3) is 5.91 Å². The molecule has 2 N–H and O–H groups in total. The third-order valence-corrected chi connectivity index (χ3v) is 12.5. The summed E-state index contributed by atoms with van der Waals surface area (Å²) in [5.74, 6) is -0.374. The Balaban J connectivity index is 1.21. The van der Waals surface area contributed by atoms with E-state index in [2.05, 4.69) is 60.3 Å². The molecule has 14 heteroatoms. The molecule has 13 nitrogen and oxygen atoms in total. The highest BCUT2D eigenvalue weighted by molar-refractivity contribution is 7.10. The number of aryl methyl sites for hydroxylation is 1. The summed E-state index contributed by atoms with van der Waals surface area (Å²) in [6.07, 6.45) is 4.35. The number of urea groups is 1. The Bertz CT molecular complexity index is 2100. The van der Waals surface area contributed by atoms with Crippen molar-refractivity contribution >= 4 is 40.1 Å². The highest BCUT2D eigenvalue weighted by Gasteiger charge is 2.45. The van der Waals surface area contributed by atoms with Crippen LogP contribution in [0.2, 0.25) is 0 Å². The molecule has 1 aromatic carbocycles. The number of nitrogens with zero attached hydrogens (tertiary/aromatic N) is 5. The van der Waals surface area contributed by atoms with Gasteiger partial charge in [-0.2, -0.15) is 0 Å². The summed E-state index contributed by atoms with van der Waals surface area (Å²) >= 11 is 1.48. The van der Waals surface area contributed by atoms with Crippen LogP contribution in [0.1, 0.15) is 69.3 Å². The Hall–Kier alpha value is -4.37. The number of nitrogens with one attached hydrogen (secondary N) is 2. The summed E-state index contributed by atoms with van der Waals surface area (Å²) in [7, 11) is 1.70. The summed E-state index contributed by atoms with van der Waals surface area (Å²) < 4.78 is 19.8. The highest BCUT2D eigenvalue weighted by atomic mass is 32.1. The Labute approximate surface area is 325 Å². The fourth-order valence-corrected chi connectivity index (χ4v) is 9.50. The first kappa shape index (κ1) is 37.5. The predicted octanol–water partition coefficient (Wildman–Crippen LogP) is 5.52. The fourth-order valence-electron chi connectivity index (χ4n) is 8.65. The number of pyridine rings is 1. The molecule has 4 aliphatic heterocycles. The van der Waals surface area contributed by atoms with Gasteiger partial charge in [0, 0.05) is 90.8 Å². The first-order valence-corrected chi connectivity index (χ1v) is 20.4. The van der Waals surface area contributed by atoms with Crippen molar-refractivity contribution in [2.45, 2.75) is 90.6 Å². The molecule has 3 aromatic heterocycles. The molecule has 8 rings (SSSR count). The van der Waals surface area contributed by atoms with Crippen LogP contribution in [0.3, 0.4) is 0 Å². The molecule has 0 saturated carbocycles. The van der Waals surface area contributed by atoms with Crippen molar-refractivity contribution in [3.63, 3.8) is 0 Å². The van der Waals surface area contributed by atoms with Crippen LogP contribution in [0.5, 0.6) is 0 Å². The molecule has 0 spiro atoms. The summed E-state index contributed by atoms with van der Waals surface area (Å²) in [5, 5.41) is 8.41. The number of hydrogen-bond acceptors (Lipinski definition) is 10. The minimum absolute atomic E-state index is 0.113. The van der Waals surface area contributed by atoms with E-state index in [1.807, 2.05) is 23.3 Å². The van der Waals surface area contributed by atoms with E-state index in [1.54, 1.807) is 13.3 Å². The minimum Gasteiger partial charge on any atom is -0.464 e. The summed E-state index contributed by atoms with van der Waals surface area (Å²) in [6, 6.07) is 8.82. The number of esters is 1. The van der Waals surface area contributed by atoms with Crippen molar-refractivity contribution in [3.8, 4) is 22.5 Å². The molecule has 55 heavy (non-hydrogen) atoms. The van der Waals surface area contributed by atoms with Crippen LogP contribution in [0.15, 0.2) is 41.9 Å². The Kier molecular flexibility index (Phi) is 10.4. The Morgan fingerprint density at radius 3 is 2.87 bits per heavy atom. The van der Waals surface area contributed by atoms with Gasteiger partial charge < -0.3 is 29.0 Å². The third-order valence-electron chi connectivity index (χ3n) is 11.7. The van der Waals surface area contributed by atoms with Crippen molar-refractivity contribution in [1.82, 2.24) is 35.2 Å². The van der Waals surface area contributed by atoms with Gasteiger partial charge in [0.1, 0.15) is 12.1 Å². The highest BCUT2D eigenvalue weighted by Crippen LogP contribution is 2.42. The molecular weight excluding hydrogens is 719 g/mol. The fraction of sp³-hybridized carbons (Fsp3) is 0.537. The lowest BCUT2D eigenvalue weighted by Crippen LogP contribution is -2.67. The van der Waals surface area contributed by atoms with Crippen molar-refractivity contribution in [1.29, 1.82) is 0 Å². The lowest BCUT2D eigenvalue weighted by atomic mass is 9.84. The van der Waals surface area contributed by atoms with Crippen LogP contribution in [0.4, 0.5) is 4.79 Å². The lowest BCUT2D eigenvalue weighted by Gasteiger charge is -2.50. The van der Waals surface area contributed by atoms with E-state index in [-0.39, 0.29) is 37.1 Å². The first-order valence-electron chi connectivity index (χ1n) is 19.5. The van der Waals surface area contributed by atoms with Gasteiger partial charge in [-0.15, -0.1) is 11.3 Å². The van der Waals surface area contributed by atoms with E-state index in [0.29, 0.717) is 51.5 Å². The second kappa shape index (κ2) is 15.3. The monoisotopic (exact) mass is 769 g/mol. The quantitative estimate of drug-likeness (QED) is 0.252. The lowest BCUT2D eigenvalue weighted by molar-refractivity contribution is -0.155.